The second-order valence-corrected chi connectivity index (χ2v) is 9.54. The fraction of sp³-hybridized carbons (Fsp3) is 0.333. The molecule has 38 heavy (non-hydrogen) atoms. The number of urea groups is 1. The number of amides is 4. The van der Waals surface area contributed by atoms with E-state index in [4.69, 9.17) is 4.74 Å². The molecule has 4 amide bonds. The van der Waals surface area contributed by atoms with E-state index in [2.05, 4.69) is 39.6 Å². The Morgan fingerprint density at radius 1 is 1.11 bits per heavy atom. The van der Waals surface area contributed by atoms with Gasteiger partial charge in [-0.3, -0.25) is 14.9 Å². The Kier molecular flexibility index (Phi) is 6.65. The highest BCUT2D eigenvalue weighted by Gasteiger charge is 2.48. The number of likely N-dealkylation sites (N-methyl/N-ethyl adjacent to an activating group) is 1. The van der Waals surface area contributed by atoms with Crippen LogP contribution in [0.1, 0.15) is 27.0 Å². The van der Waals surface area contributed by atoms with Crippen LogP contribution in [0.5, 0.6) is 5.75 Å². The van der Waals surface area contributed by atoms with E-state index < -0.39 is 17.5 Å². The van der Waals surface area contributed by atoms with Gasteiger partial charge in [-0.2, -0.15) is 0 Å². The van der Waals surface area contributed by atoms with Crippen LogP contribution in [0.2, 0.25) is 0 Å². The molecule has 2 fully saturated rings. The maximum absolute atomic E-state index is 13.1. The van der Waals surface area contributed by atoms with Crippen molar-refractivity contribution in [1.29, 1.82) is 0 Å². The molecule has 0 bridgehead atoms. The molecule has 3 heterocycles. The predicted octanol–water partition coefficient (Wildman–Crippen LogP) is 0.664. The number of hydrogen-bond acceptors (Lipinski definition) is 7. The van der Waals surface area contributed by atoms with Crippen molar-refractivity contribution in [2.75, 3.05) is 46.9 Å². The lowest BCUT2D eigenvalue weighted by Crippen LogP contribution is -2.54. The lowest BCUT2D eigenvalue weighted by atomic mass is 9.99. The Morgan fingerprint density at radius 2 is 1.84 bits per heavy atom. The quantitative estimate of drug-likeness (QED) is 0.136. The third-order valence-corrected chi connectivity index (χ3v) is 7.03. The van der Waals surface area contributed by atoms with Gasteiger partial charge in [0, 0.05) is 49.4 Å². The minimum atomic E-state index is -1.60. The monoisotopic (exact) mass is 516 g/mol. The van der Waals surface area contributed by atoms with Gasteiger partial charge in [0.2, 0.25) is 5.54 Å². The van der Waals surface area contributed by atoms with Gasteiger partial charge in [-0.25, -0.2) is 4.79 Å². The Hall–Kier alpha value is -4.56. The summed E-state index contributed by atoms with van der Waals surface area (Å²) >= 11 is 0. The summed E-state index contributed by atoms with van der Waals surface area (Å²) in [4.78, 5) is 43.8. The molecule has 2 saturated heterocycles. The van der Waals surface area contributed by atoms with Crippen LogP contribution in [-0.2, 0) is 11.3 Å². The van der Waals surface area contributed by atoms with Gasteiger partial charge in [0.1, 0.15) is 5.75 Å². The van der Waals surface area contributed by atoms with Crippen LogP contribution in [0.15, 0.2) is 47.6 Å². The summed E-state index contributed by atoms with van der Waals surface area (Å²) < 4.78 is 5.22. The first-order valence-corrected chi connectivity index (χ1v) is 12.2. The molecule has 3 aliphatic heterocycles. The minimum Gasteiger partial charge on any atom is -0.497 e. The zero-order valence-corrected chi connectivity index (χ0v) is 21.2. The summed E-state index contributed by atoms with van der Waals surface area (Å²) in [5, 5.41) is 18.0. The van der Waals surface area contributed by atoms with Crippen molar-refractivity contribution >= 4 is 23.7 Å². The lowest BCUT2D eigenvalue weighted by Gasteiger charge is -2.34. The average Bonchev–Trinajstić information content (AvgIpc) is 3.38. The van der Waals surface area contributed by atoms with Crippen LogP contribution < -0.4 is 15.4 Å². The van der Waals surface area contributed by atoms with E-state index in [1.54, 1.807) is 36.4 Å². The number of imide groups is 1. The van der Waals surface area contributed by atoms with Crippen LogP contribution in [0.4, 0.5) is 4.79 Å². The Morgan fingerprint density at radius 3 is 2.47 bits per heavy atom. The van der Waals surface area contributed by atoms with Gasteiger partial charge in [-0.1, -0.05) is 23.1 Å². The van der Waals surface area contributed by atoms with E-state index in [9.17, 15) is 19.6 Å². The Bertz CT molecular complexity index is 1370. The number of fused-ring (bicyclic) bond motifs is 1. The standard InChI is InChI=1S/C27H28N6O5/c1-31-11-13-32(14-12-31)23(30-37)19-5-3-18(4-6-19)9-10-27(25(35)28-26(36)29-27)17-33-16-20-7-8-21(38-2)15-22(20)24(33)34/h3-8,15,37H,11-14,16-17H2,1-2H3,(H2,28,29,35,36)/b30-23-/t27-/m1/s1. The maximum Gasteiger partial charge on any atom is 0.323 e. The molecule has 11 heteroatoms. The summed E-state index contributed by atoms with van der Waals surface area (Å²) in [6.45, 7) is 3.42. The first-order valence-electron chi connectivity index (χ1n) is 12.2. The van der Waals surface area contributed by atoms with E-state index in [0.29, 0.717) is 22.7 Å². The van der Waals surface area contributed by atoms with E-state index in [1.165, 1.54) is 12.0 Å². The SMILES string of the molecule is COc1ccc2c(c1)C(=O)N(C[C@@]1(C#Cc3ccc(/C(=N/O)N4CCN(C)CC4)cc3)NC(=O)NC1=O)C2. The van der Waals surface area contributed by atoms with Crippen molar-refractivity contribution in [1.82, 2.24) is 25.3 Å². The lowest BCUT2D eigenvalue weighted by molar-refractivity contribution is -0.122. The average molecular weight is 517 g/mol. The predicted molar refractivity (Wildman–Crippen MR) is 138 cm³/mol. The van der Waals surface area contributed by atoms with Gasteiger partial charge in [0.25, 0.3) is 11.8 Å². The largest absolute Gasteiger partial charge is 0.497 e. The molecule has 0 aliphatic carbocycles. The number of carbonyl (C=O) groups excluding carboxylic acids is 3. The summed E-state index contributed by atoms with van der Waals surface area (Å²) in [5.41, 5.74) is 1.03. The van der Waals surface area contributed by atoms with Crippen LogP contribution in [0, 0.1) is 11.8 Å². The minimum absolute atomic E-state index is 0.115. The van der Waals surface area contributed by atoms with E-state index in [1.807, 2.05) is 11.0 Å². The van der Waals surface area contributed by atoms with Gasteiger partial charge in [0.05, 0.1) is 13.7 Å². The van der Waals surface area contributed by atoms with Crippen molar-refractivity contribution < 1.29 is 24.3 Å². The molecule has 2 aromatic carbocycles. The van der Waals surface area contributed by atoms with Crippen LogP contribution in [0.3, 0.4) is 0 Å². The van der Waals surface area contributed by atoms with Crippen LogP contribution in [0.25, 0.3) is 0 Å². The maximum atomic E-state index is 13.1. The van der Waals surface area contributed by atoms with Crippen molar-refractivity contribution in [3.05, 3.63) is 64.7 Å². The summed E-state index contributed by atoms with van der Waals surface area (Å²) in [6.07, 6.45) is 0. The van der Waals surface area contributed by atoms with Crippen LogP contribution in [-0.4, -0.2) is 96.0 Å². The third kappa shape index (κ3) is 4.73. The molecular weight excluding hydrogens is 488 g/mol. The number of carbonyl (C=O) groups is 3. The fourth-order valence-electron chi connectivity index (χ4n) is 4.82. The Balaban J connectivity index is 1.36. The van der Waals surface area contributed by atoms with E-state index in [-0.39, 0.29) is 19.0 Å². The highest BCUT2D eigenvalue weighted by atomic mass is 16.5. The van der Waals surface area contributed by atoms with Crippen molar-refractivity contribution in [3.8, 4) is 17.6 Å². The van der Waals surface area contributed by atoms with Gasteiger partial charge >= 0.3 is 6.03 Å². The second-order valence-electron chi connectivity index (χ2n) is 9.54. The van der Waals surface area contributed by atoms with Crippen molar-refractivity contribution in [3.63, 3.8) is 0 Å². The molecule has 2 aromatic rings. The number of oxime groups is 1. The summed E-state index contributed by atoms with van der Waals surface area (Å²) in [5.74, 6) is 6.05. The highest BCUT2D eigenvalue weighted by molar-refractivity contribution is 6.10. The Labute approximate surface area is 220 Å². The number of nitrogens with zero attached hydrogens (tertiary/aromatic N) is 4. The van der Waals surface area contributed by atoms with Crippen LogP contribution >= 0.6 is 0 Å². The van der Waals surface area contributed by atoms with Crippen molar-refractivity contribution in [2.24, 2.45) is 5.16 Å². The summed E-state index contributed by atoms with van der Waals surface area (Å²) in [7, 11) is 3.58. The molecule has 0 radical (unpaired) electrons. The molecule has 1 atom stereocenters. The molecule has 3 N–H and O–H groups in total. The van der Waals surface area contributed by atoms with Gasteiger partial charge in [-0.15, -0.1) is 0 Å². The number of benzene rings is 2. The normalized spacial score (nSPS) is 21.5. The van der Waals surface area contributed by atoms with E-state index >= 15 is 0 Å². The number of piperazine rings is 1. The second kappa shape index (κ2) is 10.1. The third-order valence-electron chi connectivity index (χ3n) is 7.03. The van der Waals surface area contributed by atoms with Gasteiger partial charge < -0.3 is 30.0 Å². The first kappa shape index (κ1) is 25.1. The summed E-state index contributed by atoms with van der Waals surface area (Å²) in [6, 6.07) is 11.7. The molecule has 3 aliphatic rings. The molecule has 0 unspecified atom stereocenters. The zero-order valence-electron chi connectivity index (χ0n) is 21.2. The van der Waals surface area contributed by atoms with Gasteiger partial charge in [0.15, 0.2) is 5.84 Å². The number of hydrogen-bond donors (Lipinski definition) is 3. The molecule has 11 nitrogen and oxygen atoms in total. The zero-order chi connectivity index (χ0) is 26.9. The highest BCUT2D eigenvalue weighted by Crippen LogP contribution is 2.28. The topological polar surface area (TPSA) is 127 Å². The van der Waals surface area contributed by atoms with E-state index in [0.717, 1.165) is 37.3 Å². The number of amidine groups is 1. The van der Waals surface area contributed by atoms with Gasteiger partial charge in [-0.05, 0) is 49.0 Å². The molecule has 196 valence electrons. The number of methoxy groups -OCH3 is 1. The molecule has 0 spiro atoms. The first-order chi connectivity index (χ1) is 18.3. The fourth-order valence-corrected chi connectivity index (χ4v) is 4.82. The smallest absolute Gasteiger partial charge is 0.323 e. The number of rotatable bonds is 4. The molecule has 5 rings (SSSR count). The number of nitrogens with one attached hydrogen (secondary N) is 2. The molecule has 0 saturated carbocycles. The number of ether oxygens (including phenoxy) is 1. The molecule has 0 aromatic heterocycles. The van der Waals surface area contributed by atoms with Crippen molar-refractivity contribution in [2.45, 2.75) is 12.1 Å². The molecular formula is C27H28N6O5.